The first-order chi connectivity index (χ1) is 11.7. The number of phenols is 1. The first-order valence-electron chi connectivity index (χ1n) is 7.57. The molecule has 24 heavy (non-hydrogen) atoms. The molecule has 0 aromatic heterocycles. The minimum absolute atomic E-state index is 0.0773. The molecule has 0 saturated heterocycles. The number of rotatable bonds is 1. The average Bonchev–Trinajstić information content (AvgIpc) is 2.60. The molecule has 1 atom stereocenters. The molecule has 3 N–H and O–H groups in total. The summed E-state index contributed by atoms with van der Waals surface area (Å²) in [5, 5.41) is 21.5. The lowest BCUT2D eigenvalue weighted by Gasteiger charge is -2.27. The molecule has 0 radical (unpaired) electrons. The summed E-state index contributed by atoms with van der Waals surface area (Å²) < 4.78 is 5.55. The quantitative estimate of drug-likeness (QED) is 0.716. The SMILES string of the molecule is N#CC1=C(N)Oc2cc(O)ccc2C1c1cccc2ccccc12. The number of hydrogen-bond donors (Lipinski definition) is 2. The summed E-state index contributed by atoms with van der Waals surface area (Å²) in [6.07, 6.45) is 0. The highest BCUT2D eigenvalue weighted by atomic mass is 16.5. The van der Waals surface area contributed by atoms with Gasteiger partial charge in [0.1, 0.15) is 23.1 Å². The predicted octanol–water partition coefficient (Wildman–Crippen LogP) is 3.76. The lowest BCUT2D eigenvalue weighted by atomic mass is 9.81. The summed E-state index contributed by atoms with van der Waals surface area (Å²) in [5.74, 6) is 0.321. The number of allylic oxidation sites excluding steroid dienone is 1. The zero-order chi connectivity index (χ0) is 16.7. The first-order valence-corrected chi connectivity index (χ1v) is 7.57. The molecule has 0 spiro atoms. The molecular weight excluding hydrogens is 300 g/mol. The Morgan fingerprint density at radius 3 is 2.62 bits per heavy atom. The van der Waals surface area contributed by atoms with E-state index in [-0.39, 0.29) is 17.6 Å². The molecule has 1 aliphatic rings. The van der Waals surface area contributed by atoms with Crippen LogP contribution in [0.1, 0.15) is 17.0 Å². The number of nitriles is 1. The molecule has 4 nitrogen and oxygen atoms in total. The number of phenolic OH excluding ortho intramolecular Hbond substituents is 1. The van der Waals surface area contributed by atoms with Crippen molar-refractivity contribution in [3.63, 3.8) is 0 Å². The fourth-order valence-electron chi connectivity index (χ4n) is 3.27. The average molecular weight is 314 g/mol. The Morgan fingerprint density at radius 2 is 1.79 bits per heavy atom. The molecule has 4 rings (SSSR count). The fraction of sp³-hybridized carbons (Fsp3) is 0.0500. The van der Waals surface area contributed by atoms with Crippen molar-refractivity contribution in [3.8, 4) is 17.6 Å². The Morgan fingerprint density at radius 1 is 1.00 bits per heavy atom. The van der Waals surface area contributed by atoms with Crippen molar-refractivity contribution in [2.75, 3.05) is 0 Å². The van der Waals surface area contributed by atoms with Gasteiger partial charge < -0.3 is 15.6 Å². The third-order valence-corrected chi connectivity index (χ3v) is 4.34. The van der Waals surface area contributed by atoms with Crippen molar-refractivity contribution in [3.05, 3.63) is 83.2 Å². The number of ether oxygens (including phenoxy) is 1. The Labute approximate surface area is 139 Å². The number of hydrogen-bond acceptors (Lipinski definition) is 4. The van der Waals surface area contributed by atoms with E-state index in [0.29, 0.717) is 11.3 Å². The molecule has 0 bridgehead atoms. The minimum atomic E-state index is -0.328. The van der Waals surface area contributed by atoms with E-state index >= 15 is 0 Å². The summed E-state index contributed by atoms with van der Waals surface area (Å²) in [6.45, 7) is 0. The number of aromatic hydroxyl groups is 1. The normalized spacial score (nSPS) is 16.4. The highest BCUT2D eigenvalue weighted by Gasteiger charge is 2.31. The van der Waals surface area contributed by atoms with Crippen molar-refractivity contribution >= 4 is 10.8 Å². The van der Waals surface area contributed by atoms with Crippen LogP contribution in [0.2, 0.25) is 0 Å². The van der Waals surface area contributed by atoms with Gasteiger partial charge in [-0.15, -0.1) is 0 Å². The number of nitrogens with zero attached hydrogens (tertiary/aromatic N) is 1. The largest absolute Gasteiger partial charge is 0.508 e. The summed E-state index contributed by atoms with van der Waals surface area (Å²) >= 11 is 0. The van der Waals surface area contributed by atoms with Crippen molar-refractivity contribution in [1.29, 1.82) is 5.26 Å². The fourth-order valence-corrected chi connectivity index (χ4v) is 3.27. The summed E-state index contributed by atoms with van der Waals surface area (Å²) in [7, 11) is 0. The van der Waals surface area contributed by atoms with E-state index in [2.05, 4.69) is 6.07 Å². The lowest BCUT2D eigenvalue weighted by molar-refractivity contribution is 0.388. The van der Waals surface area contributed by atoms with E-state index in [1.54, 1.807) is 12.1 Å². The molecule has 0 amide bonds. The van der Waals surface area contributed by atoms with Gasteiger partial charge in [0.25, 0.3) is 0 Å². The van der Waals surface area contributed by atoms with E-state index in [9.17, 15) is 10.4 Å². The van der Waals surface area contributed by atoms with Gasteiger partial charge in [-0.3, -0.25) is 0 Å². The Balaban J connectivity index is 2.04. The summed E-state index contributed by atoms with van der Waals surface area (Å²) in [5.41, 5.74) is 8.16. The monoisotopic (exact) mass is 314 g/mol. The second-order valence-corrected chi connectivity index (χ2v) is 5.72. The van der Waals surface area contributed by atoms with Crippen LogP contribution in [0.4, 0.5) is 0 Å². The second-order valence-electron chi connectivity index (χ2n) is 5.72. The van der Waals surface area contributed by atoms with E-state index < -0.39 is 0 Å². The maximum Gasteiger partial charge on any atom is 0.205 e. The Hall–Kier alpha value is -3.45. The van der Waals surface area contributed by atoms with Crippen LogP contribution < -0.4 is 10.5 Å². The van der Waals surface area contributed by atoms with Crippen molar-refractivity contribution in [2.24, 2.45) is 5.73 Å². The van der Waals surface area contributed by atoms with Crippen LogP contribution in [0.15, 0.2) is 72.1 Å². The van der Waals surface area contributed by atoms with Crippen LogP contribution in [-0.4, -0.2) is 5.11 Å². The second kappa shape index (κ2) is 5.32. The zero-order valence-corrected chi connectivity index (χ0v) is 12.7. The Bertz CT molecular complexity index is 1030. The number of nitrogens with two attached hydrogens (primary N) is 1. The van der Waals surface area contributed by atoms with E-state index in [4.69, 9.17) is 10.5 Å². The standard InChI is InChI=1S/C20H14N2O2/c21-11-17-19(15-7-3-5-12-4-1-2-6-14(12)15)16-9-8-13(23)10-18(16)24-20(17)22/h1-10,19,23H,22H2. The molecule has 1 aliphatic heterocycles. The van der Waals surface area contributed by atoms with E-state index in [0.717, 1.165) is 21.9 Å². The van der Waals surface area contributed by atoms with Crippen LogP contribution in [0, 0.1) is 11.3 Å². The highest BCUT2D eigenvalue weighted by molar-refractivity contribution is 5.87. The Kier molecular flexibility index (Phi) is 3.14. The van der Waals surface area contributed by atoms with Crippen LogP contribution in [-0.2, 0) is 0 Å². The van der Waals surface area contributed by atoms with Gasteiger partial charge in [0.05, 0.1) is 5.92 Å². The molecule has 0 saturated carbocycles. The van der Waals surface area contributed by atoms with Gasteiger partial charge in [0.15, 0.2) is 0 Å². The molecule has 0 fully saturated rings. The van der Waals surface area contributed by atoms with Crippen LogP contribution >= 0.6 is 0 Å². The molecule has 1 heterocycles. The molecule has 4 heteroatoms. The topological polar surface area (TPSA) is 79.3 Å². The predicted molar refractivity (Wildman–Crippen MR) is 91.4 cm³/mol. The highest BCUT2D eigenvalue weighted by Crippen LogP contribution is 2.44. The maximum absolute atomic E-state index is 9.72. The van der Waals surface area contributed by atoms with Crippen LogP contribution in [0.25, 0.3) is 10.8 Å². The van der Waals surface area contributed by atoms with Gasteiger partial charge in [-0.1, -0.05) is 48.5 Å². The zero-order valence-electron chi connectivity index (χ0n) is 12.7. The molecular formula is C20H14N2O2. The van der Waals surface area contributed by atoms with Crippen molar-refractivity contribution in [2.45, 2.75) is 5.92 Å². The van der Waals surface area contributed by atoms with E-state index in [1.807, 2.05) is 42.5 Å². The van der Waals surface area contributed by atoms with Gasteiger partial charge in [-0.05, 0) is 22.4 Å². The third kappa shape index (κ3) is 2.07. The summed E-state index contributed by atoms with van der Waals surface area (Å²) in [6, 6.07) is 21.1. The molecule has 116 valence electrons. The molecule has 3 aromatic carbocycles. The third-order valence-electron chi connectivity index (χ3n) is 4.34. The number of benzene rings is 3. The smallest absolute Gasteiger partial charge is 0.205 e. The van der Waals surface area contributed by atoms with Gasteiger partial charge in [0, 0.05) is 11.6 Å². The van der Waals surface area contributed by atoms with Gasteiger partial charge in [-0.2, -0.15) is 5.26 Å². The molecule has 3 aromatic rings. The number of fused-ring (bicyclic) bond motifs is 2. The molecule has 1 unspecified atom stereocenters. The van der Waals surface area contributed by atoms with Crippen molar-refractivity contribution in [1.82, 2.24) is 0 Å². The van der Waals surface area contributed by atoms with Gasteiger partial charge >= 0.3 is 0 Å². The van der Waals surface area contributed by atoms with Crippen molar-refractivity contribution < 1.29 is 9.84 Å². The lowest BCUT2D eigenvalue weighted by Crippen LogP contribution is -2.21. The minimum Gasteiger partial charge on any atom is -0.508 e. The summed E-state index contributed by atoms with van der Waals surface area (Å²) in [4.78, 5) is 0. The van der Waals surface area contributed by atoms with Crippen LogP contribution in [0.5, 0.6) is 11.5 Å². The van der Waals surface area contributed by atoms with E-state index in [1.165, 1.54) is 6.07 Å². The maximum atomic E-state index is 9.72. The molecule has 0 aliphatic carbocycles. The van der Waals surface area contributed by atoms with Gasteiger partial charge in [0.2, 0.25) is 5.88 Å². The van der Waals surface area contributed by atoms with Gasteiger partial charge in [-0.25, -0.2) is 0 Å². The first kappa shape index (κ1) is 14.2. The van der Waals surface area contributed by atoms with Crippen LogP contribution in [0.3, 0.4) is 0 Å².